The molecule has 2 aliphatic heterocycles. The number of ether oxygens (including phenoxy) is 1. The first-order chi connectivity index (χ1) is 30.5. The van der Waals surface area contributed by atoms with Crippen molar-refractivity contribution in [3.63, 3.8) is 0 Å². The predicted molar refractivity (Wildman–Crippen MR) is 261 cm³/mol. The minimum atomic E-state index is -0.0975. The van der Waals surface area contributed by atoms with Crippen LogP contribution in [0.25, 0.3) is 51.8 Å². The zero-order valence-electron chi connectivity index (χ0n) is 34.8. The summed E-state index contributed by atoms with van der Waals surface area (Å²) in [4.78, 5) is 4.89. The zero-order chi connectivity index (χ0) is 41.4. The van der Waals surface area contributed by atoms with E-state index in [0.717, 1.165) is 29.3 Å². The fraction of sp³-hybridized carbons (Fsp3) is 0.0847. The molecular weight excluding hydrogens is 753 g/mol. The van der Waals surface area contributed by atoms with Crippen molar-refractivity contribution in [1.29, 1.82) is 0 Å². The van der Waals surface area contributed by atoms with Crippen molar-refractivity contribution in [2.24, 2.45) is 0 Å². The number of anilines is 5. The summed E-state index contributed by atoms with van der Waals surface area (Å²) in [6.07, 6.45) is 14.7. The van der Waals surface area contributed by atoms with Gasteiger partial charge in [0.15, 0.2) is 11.5 Å². The maximum absolute atomic E-state index is 6.34. The molecule has 0 saturated heterocycles. The summed E-state index contributed by atoms with van der Waals surface area (Å²) in [5.74, 6) is 1.81. The fourth-order valence-electron chi connectivity index (χ4n) is 10.3. The van der Waals surface area contributed by atoms with Crippen molar-refractivity contribution in [2.45, 2.75) is 31.7 Å². The van der Waals surface area contributed by atoms with E-state index in [0.29, 0.717) is 0 Å². The van der Waals surface area contributed by atoms with Crippen LogP contribution in [-0.4, -0.2) is 6.04 Å². The number of hydrogen-bond acceptors (Lipinski definition) is 3. The monoisotopic (exact) mass is 796 g/mol. The lowest BCUT2D eigenvalue weighted by Crippen LogP contribution is -2.35. The molecule has 8 aromatic carbocycles. The number of fused-ring (bicyclic) bond motifs is 7. The van der Waals surface area contributed by atoms with E-state index in [1.54, 1.807) is 0 Å². The van der Waals surface area contributed by atoms with Crippen LogP contribution >= 0.6 is 0 Å². The Hall–Kier alpha value is -7.62. The Labute approximate surface area is 363 Å². The summed E-state index contributed by atoms with van der Waals surface area (Å²) in [5, 5.41) is 2.46. The Bertz CT molecular complexity index is 3140. The molecule has 2 aliphatic carbocycles. The van der Waals surface area contributed by atoms with E-state index in [2.05, 4.69) is 236 Å². The third-order valence-corrected chi connectivity index (χ3v) is 13.4. The molecule has 62 heavy (non-hydrogen) atoms. The van der Waals surface area contributed by atoms with Gasteiger partial charge in [-0.15, -0.1) is 0 Å². The summed E-state index contributed by atoms with van der Waals surface area (Å²) in [5.41, 5.74) is 18.5. The molecule has 0 bridgehead atoms. The molecule has 0 radical (unpaired) electrons. The largest absolute Gasteiger partial charge is 0.453 e. The van der Waals surface area contributed by atoms with Crippen molar-refractivity contribution >= 4 is 69.1 Å². The van der Waals surface area contributed by atoms with Gasteiger partial charge < -0.3 is 14.5 Å². The number of hydrogen-bond donors (Lipinski definition) is 0. The first-order valence-corrected chi connectivity index (χ1v) is 21.7. The molecule has 4 aliphatic rings. The molecular formula is C59H44N2O. The van der Waals surface area contributed by atoms with Crippen molar-refractivity contribution in [3.8, 4) is 22.6 Å². The molecule has 0 saturated carbocycles. The van der Waals surface area contributed by atoms with Crippen LogP contribution in [0.2, 0.25) is 0 Å². The fourth-order valence-corrected chi connectivity index (χ4v) is 10.3. The van der Waals surface area contributed by atoms with Crippen molar-refractivity contribution in [2.75, 3.05) is 9.80 Å². The molecule has 1 unspecified atom stereocenters. The summed E-state index contributed by atoms with van der Waals surface area (Å²) >= 11 is 0. The SMILES string of the molecule is CC1(C)C2=C(C=CC(N3c4ccccc4Oc4ccccc43)C2)c2ccc(C=Cc3ccc(-c4ccc(N5c6ccccc6C=Cc6ccccc65)c5ccccc45)cc3)cc21. The van der Waals surface area contributed by atoms with Gasteiger partial charge in [0.05, 0.1) is 34.5 Å². The normalized spacial score (nSPS) is 16.6. The van der Waals surface area contributed by atoms with Gasteiger partial charge >= 0.3 is 0 Å². The third-order valence-electron chi connectivity index (χ3n) is 13.4. The average molecular weight is 797 g/mol. The Kier molecular flexibility index (Phi) is 8.33. The van der Waals surface area contributed by atoms with E-state index in [4.69, 9.17) is 4.74 Å². The van der Waals surface area contributed by atoms with Crippen LogP contribution in [0.5, 0.6) is 11.5 Å². The highest BCUT2D eigenvalue weighted by Gasteiger charge is 2.41. The third kappa shape index (κ3) is 5.80. The Morgan fingerprint density at radius 3 is 1.77 bits per heavy atom. The first kappa shape index (κ1) is 36.2. The summed E-state index contributed by atoms with van der Waals surface area (Å²) in [6, 6.07) is 63.8. The topological polar surface area (TPSA) is 15.7 Å². The van der Waals surface area contributed by atoms with E-state index < -0.39 is 0 Å². The molecule has 0 spiro atoms. The van der Waals surface area contributed by atoms with E-state index in [1.807, 2.05) is 0 Å². The average Bonchev–Trinajstić information content (AvgIpc) is 3.42. The lowest BCUT2D eigenvalue weighted by atomic mass is 9.77. The van der Waals surface area contributed by atoms with E-state index in [9.17, 15) is 0 Å². The Balaban J connectivity index is 0.812. The highest BCUT2D eigenvalue weighted by molar-refractivity contribution is 6.08. The van der Waals surface area contributed by atoms with Crippen LogP contribution in [0.3, 0.4) is 0 Å². The van der Waals surface area contributed by atoms with Gasteiger partial charge in [-0.2, -0.15) is 0 Å². The molecule has 0 N–H and O–H groups in total. The van der Waals surface area contributed by atoms with Crippen LogP contribution in [-0.2, 0) is 5.41 Å². The van der Waals surface area contributed by atoms with E-state index in [1.165, 1.54) is 83.5 Å². The summed E-state index contributed by atoms with van der Waals surface area (Å²) in [7, 11) is 0. The van der Waals surface area contributed by atoms with Crippen LogP contribution < -0.4 is 14.5 Å². The highest BCUT2D eigenvalue weighted by Crippen LogP contribution is 2.54. The van der Waals surface area contributed by atoms with Crippen LogP contribution in [0.15, 0.2) is 194 Å². The van der Waals surface area contributed by atoms with Gasteiger partial charge in [0.2, 0.25) is 0 Å². The molecule has 0 aromatic heterocycles. The summed E-state index contributed by atoms with van der Waals surface area (Å²) < 4.78 is 6.34. The second kappa shape index (κ2) is 14.2. The lowest BCUT2D eigenvalue weighted by molar-refractivity contribution is 0.468. The molecule has 12 rings (SSSR count). The van der Waals surface area contributed by atoms with Crippen molar-refractivity contribution in [1.82, 2.24) is 0 Å². The molecule has 3 heteroatoms. The molecule has 296 valence electrons. The predicted octanol–water partition coefficient (Wildman–Crippen LogP) is 15.9. The van der Waals surface area contributed by atoms with Gasteiger partial charge in [-0.3, -0.25) is 0 Å². The lowest BCUT2D eigenvalue weighted by Gasteiger charge is -2.40. The standard InChI is InChI=1S/C59H44N2O/c1-59(2)50-37-40(27-33-47(50)48-34-32-44(38-51(48)59)60-55-19-9-11-21-57(55)62-58-22-12-10-20-56(58)60)24-23-39-25-28-41(29-26-39)45-35-36-54(49-16-6-5-15-46(45)49)61-52-17-7-3-13-42(52)30-31-43-14-4-8-18-53(43)61/h3-37,44H,38H2,1-2H3. The summed E-state index contributed by atoms with van der Waals surface area (Å²) in [6.45, 7) is 4.80. The van der Waals surface area contributed by atoms with Crippen LogP contribution in [0, 0.1) is 0 Å². The van der Waals surface area contributed by atoms with Crippen molar-refractivity contribution < 1.29 is 4.74 Å². The minimum Gasteiger partial charge on any atom is -0.453 e. The smallest absolute Gasteiger partial charge is 0.151 e. The minimum absolute atomic E-state index is 0.0975. The highest BCUT2D eigenvalue weighted by atomic mass is 16.5. The second-order valence-corrected chi connectivity index (χ2v) is 17.3. The van der Waals surface area contributed by atoms with E-state index >= 15 is 0 Å². The van der Waals surface area contributed by atoms with Crippen LogP contribution in [0.1, 0.15) is 53.6 Å². The molecule has 2 heterocycles. The molecule has 8 aromatic rings. The Morgan fingerprint density at radius 2 is 1.08 bits per heavy atom. The molecule has 1 atom stereocenters. The molecule has 0 fully saturated rings. The van der Waals surface area contributed by atoms with Gasteiger partial charge in [-0.1, -0.05) is 184 Å². The van der Waals surface area contributed by atoms with Crippen LogP contribution in [0.4, 0.5) is 28.4 Å². The molecule has 3 nitrogen and oxygen atoms in total. The second-order valence-electron chi connectivity index (χ2n) is 17.3. The number of para-hydroxylation sites is 6. The van der Waals surface area contributed by atoms with E-state index in [-0.39, 0.29) is 11.5 Å². The van der Waals surface area contributed by atoms with Crippen molar-refractivity contribution in [3.05, 3.63) is 227 Å². The maximum Gasteiger partial charge on any atom is 0.151 e. The maximum atomic E-state index is 6.34. The number of nitrogens with zero attached hydrogens (tertiary/aromatic N) is 2. The first-order valence-electron chi connectivity index (χ1n) is 21.7. The number of allylic oxidation sites excluding steroid dienone is 2. The van der Waals surface area contributed by atoms with Gasteiger partial charge in [0.1, 0.15) is 0 Å². The van der Waals surface area contributed by atoms with Gasteiger partial charge in [0.25, 0.3) is 0 Å². The number of rotatable bonds is 5. The zero-order valence-corrected chi connectivity index (χ0v) is 34.8. The number of benzene rings is 8. The molecule has 0 amide bonds. The van der Waals surface area contributed by atoms with Gasteiger partial charge in [-0.25, -0.2) is 0 Å². The van der Waals surface area contributed by atoms with Gasteiger partial charge in [0, 0.05) is 10.8 Å². The Morgan fingerprint density at radius 1 is 0.516 bits per heavy atom. The quantitative estimate of drug-likeness (QED) is 0.161. The van der Waals surface area contributed by atoms with Gasteiger partial charge in [-0.05, 0) is 110 Å².